The van der Waals surface area contributed by atoms with Crippen LogP contribution in [0, 0.1) is 5.82 Å². The molecule has 0 bridgehead atoms. The minimum Gasteiger partial charge on any atom is -0.356 e. The first-order chi connectivity index (χ1) is 11.7. The fourth-order valence-electron chi connectivity index (χ4n) is 2.45. The Morgan fingerprint density at radius 1 is 1.29 bits per heavy atom. The molecule has 0 spiro atoms. The van der Waals surface area contributed by atoms with Gasteiger partial charge in [0, 0.05) is 33.1 Å². The summed E-state index contributed by atoms with van der Waals surface area (Å²) in [5.41, 5.74) is 1.01. The molecule has 24 heavy (non-hydrogen) atoms. The van der Waals surface area contributed by atoms with Gasteiger partial charge >= 0.3 is 0 Å². The normalized spacial score (nSPS) is 11.5. The maximum atomic E-state index is 13.1. The van der Waals surface area contributed by atoms with Crippen molar-refractivity contribution < 1.29 is 4.39 Å². The Hall–Kier alpha value is -2.44. The Morgan fingerprint density at radius 2 is 2.12 bits per heavy atom. The van der Waals surface area contributed by atoms with Gasteiger partial charge < -0.3 is 15.2 Å². The van der Waals surface area contributed by atoms with Gasteiger partial charge in [0.15, 0.2) is 5.96 Å². The molecule has 2 rings (SSSR count). The largest absolute Gasteiger partial charge is 0.356 e. The van der Waals surface area contributed by atoms with E-state index in [4.69, 9.17) is 0 Å². The molecule has 1 heterocycles. The SMILES string of the molecule is CCc1nncn1CCNC(=NC)NCCCc1cccc(F)c1. The van der Waals surface area contributed by atoms with Gasteiger partial charge in [-0.05, 0) is 30.5 Å². The number of nitrogens with one attached hydrogen (secondary N) is 2. The zero-order valence-electron chi connectivity index (χ0n) is 14.3. The predicted molar refractivity (Wildman–Crippen MR) is 93.5 cm³/mol. The van der Waals surface area contributed by atoms with E-state index in [1.54, 1.807) is 25.5 Å². The zero-order chi connectivity index (χ0) is 17.2. The van der Waals surface area contributed by atoms with Gasteiger partial charge in [-0.2, -0.15) is 0 Å². The maximum Gasteiger partial charge on any atom is 0.191 e. The van der Waals surface area contributed by atoms with Crippen LogP contribution in [0.5, 0.6) is 0 Å². The molecule has 2 N–H and O–H groups in total. The molecule has 0 fully saturated rings. The number of aryl methyl sites for hydroxylation is 2. The van der Waals surface area contributed by atoms with Crippen molar-refractivity contribution in [1.29, 1.82) is 0 Å². The molecular weight excluding hydrogens is 307 g/mol. The second kappa shape index (κ2) is 9.64. The summed E-state index contributed by atoms with van der Waals surface area (Å²) in [4.78, 5) is 4.20. The van der Waals surface area contributed by atoms with Crippen LogP contribution in [0.25, 0.3) is 0 Å². The number of hydrogen-bond acceptors (Lipinski definition) is 3. The third-order valence-corrected chi connectivity index (χ3v) is 3.70. The smallest absolute Gasteiger partial charge is 0.191 e. The zero-order valence-corrected chi connectivity index (χ0v) is 14.3. The molecular formula is C17H25FN6. The van der Waals surface area contributed by atoms with Gasteiger partial charge in [0.2, 0.25) is 0 Å². The molecule has 2 aromatic rings. The highest BCUT2D eigenvalue weighted by molar-refractivity contribution is 5.79. The van der Waals surface area contributed by atoms with Gasteiger partial charge in [0.05, 0.1) is 0 Å². The summed E-state index contributed by atoms with van der Waals surface area (Å²) in [7, 11) is 1.75. The van der Waals surface area contributed by atoms with E-state index in [2.05, 4.69) is 32.7 Å². The predicted octanol–water partition coefficient (Wildman–Crippen LogP) is 1.78. The molecule has 1 aromatic carbocycles. The Kier molecular flexibility index (Phi) is 7.20. The van der Waals surface area contributed by atoms with Crippen molar-refractivity contribution in [2.75, 3.05) is 20.1 Å². The van der Waals surface area contributed by atoms with Crippen molar-refractivity contribution in [3.05, 3.63) is 47.8 Å². The van der Waals surface area contributed by atoms with Gasteiger partial charge in [0.25, 0.3) is 0 Å². The minimum absolute atomic E-state index is 0.182. The lowest BCUT2D eigenvalue weighted by atomic mass is 10.1. The van der Waals surface area contributed by atoms with Crippen LogP contribution in [0.3, 0.4) is 0 Å². The van der Waals surface area contributed by atoms with Gasteiger partial charge in [-0.1, -0.05) is 19.1 Å². The summed E-state index contributed by atoms with van der Waals surface area (Å²) in [6.45, 7) is 4.38. The lowest BCUT2D eigenvalue weighted by molar-refractivity contribution is 0.622. The van der Waals surface area contributed by atoms with Crippen LogP contribution in [0.4, 0.5) is 4.39 Å². The number of aliphatic imine (C=N–C) groups is 1. The number of guanidine groups is 1. The summed E-state index contributed by atoms with van der Waals surface area (Å²) < 4.78 is 15.1. The molecule has 0 saturated heterocycles. The summed E-state index contributed by atoms with van der Waals surface area (Å²) >= 11 is 0. The van der Waals surface area contributed by atoms with Crippen molar-refractivity contribution in [2.24, 2.45) is 4.99 Å². The molecule has 0 aliphatic carbocycles. The second-order valence-electron chi connectivity index (χ2n) is 5.45. The van der Waals surface area contributed by atoms with Crippen LogP contribution >= 0.6 is 0 Å². The molecule has 0 atom stereocenters. The first-order valence-electron chi connectivity index (χ1n) is 8.28. The van der Waals surface area contributed by atoms with Crippen molar-refractivity contribution in [3.8, 4) is 0 Å². The lowest BCUT2D eigenvalue weighted by Crippen LogP contribution is -2.39. The van der Waals surface area contributed by atoms with Crippen molar-refractivity contribution in [3.63, 3.8) is 0 Å². The highest BCUT2D eigenvalue weighted by Gasteiger charge is 2.02. The van der Waals surface area contributed by atoms with Crippen LogP contribution in [0.15, 0.2) is 35.6 Å². The third-order valence-electron chi connectivity index (χ3n) is 3.70. The molecule has 130 valence electrons. The fraction of sp³-hybridized carbons (Fsp3) is 0.471. The molecule has 0 saturated carbocycles. The molecule has 0 aliphatic heterocycles. The summed E-state index contributed by atoms with van der Waals surface area (Å²) in [6, 6.07) is 6.74. The molecule has 6 nitrogen and oxygen atoms in total. The summed E-state index contributed by atoms with van der Waals surface area (Å²) in [5.74, 6) is 1.56. The van der Waals surface area contributed by atoms with E-state index < -0.39 is 0 Å². The monoisotopic (exact) mass is 332 g/mol. The van der Waals surface area contributed by atoms with E-state index in [-0.39, 0.29) is 5.82 Å². The van der Waals surface area contributed by atoms with E-state index >= 15 is 0 Å². The number of hydrogen-bond donors (Lipinski definition) is 2. The molecule has 0 amide bonds. The molecule has 0 unspecified atom stereocenters. The third kappa shape index (κ3) is 5.64. The van der Waals surface area contributed by atoms with E-state index in [0.717, 1.165) is 56.2 Å². The Labute approximate surface area is 142 Å². The van der Waals surface area contributed by atoms with Gasteiger partial charge in [-0.25, -0.2) is 4.39 Å². The average Bonchev–Trinajstić information content (AvgIpc) is 3.04. The number of rotatable bonds is 8. The second-order valence-corrected chi connectivity index (χ2v) is 5.45. The van der Waals surface area contributed by atoms with Crippen molar-refractivity contribution >= 4 is 5.96 Å². The fourth-order valence-corrected chi connectivity index (χ4v) is 2.45. The number of benzene rings is 1. The van der Waals surface area contributed by atoms with Crippen LogP contribution < -0.4 is 10.6 Å². The summed E-state index contributed by atoms with van der Waals surface area (Å²) in [5, 5.41) is 14.5. The maximum absolute atomic E-state index is 13.1. The molecule has 7 heteroatoms. The Bertz CT molecular complexity index is 652. The van der Waals surface area contributed by atoms with Gasteiger partial charge in [-0.3, -0.25) is 4.99 Å². The van der Waals surface area contributed by atoms with E-state index in [1.165, 1.54) is 6.07 Å². The van der Waals surface area contributed by atoms with E-state index in [9.17, 15) is 4.39 Å². The van der Waals surface area contributed by atoms with Crippen molar-refractivity contribution in [2.45, 2.75) is 32.7 Å². The molecule has 1 aromatic heterocycles. The van der Waals surface area contributed by atoms with Crippen molar-refractivity contribution in [1.82, 2.24) is 25.4 Å². The van der Waals surface area contributed by atoms with Crippen LogP contribution in [0.1, 0.15) is 24.7 Å². The van der Waals surface area contributed by atoms with Crippen LogP contribution in [0.2, 0.25) is 0 Å². The molecule has 0 radical (unpaired) electrons. The number of aromatic nitrogens is 3. The van der Waals surface area contributed by atoms with E-state index in [1.807, 2.05) is 10.6 Å². The van der Waals surface area contributed by atoms with Crippen LogP contribution in [-0.2, 0) is 19.4 Å². The Balaban J connectivity index is 1.65. The Morgan fingerprint density at radius 3 is 2.88 bits per heavy atom. The van der Waals surface area contributed by atoms with Crippen LogP contribution in [-0.4, -0.2) is 40.9 Å². The summed E-state index contributed by atoms with van der Waals surface area (Å²) in [6.07, 6.45) is 4.36. The highest BCUT2D eigenvalue weighted by atomic mass is 19.1. The number of nitrogens with zero attached hydrogens (tertiary/aromatic N) is 4. The average molecular weight is 332 g/mol. The quantitative estimate of drug-likeness (QED) is 0.439. The highest BCUT2D eigenvalue weighted by Crippen LogP contribution is 2.05. The first kappa shape index (κ1) is 17.9. The van der Waals surface area contributed by atoms with Gasteiger partial charge in [0.1, 0.15) is 18.0 Å². The molecule has 0 aliphatic rings. The lowest BCUT2D eigenvalue weighted by Gasteiger charge is -2.12. The topological polar surface area (TPSA) is 67.1 Å². The van der Waals surface area contributed by atoms with E-state index in [0.29, 0.717) is 0 Å². The standard InChI is InChI=1S/C17H25FN6/c1-3-16-23-22-13-24(16)11-10-21-17(19-2)20-9-5-7-14-6-4-8-15(18)12-14/h4,6,8,12-13H,3,5,7,9-11H2,1-2H3,(H2,19,20,21). The minimum atomic E-state index is -0.182. The van der Waals surface area contributed by atoms with Gasteiger partial charge in [-0.15, -0.1) is 10.2 Å². The first-order valence-corrected chi connectivity index (χ1v) is 8.28. The number of halogens is 1.